The maximum Gasteiger partial charge on any atom is 0.213 e. The lowest BCUT2D eigenvalue weighted by molar-refractivity contribution is 0.318. The SMILES string of the molecule is CC(C)C(C)CNS(=O)(=O)CCO. The molecule has 0 heterocycles. The second-order valence-electron chi connectivity index (χ2n) is 3.61. The molecule has 0 aromatic carbocycles. The Labute approximate surface area is 80.4 Å². The number of rotatable bonds is 6. The highest BCUT2D eigenvalue weighted by Gasteiger charge is 2.12. The highest BCUT2D eigenvalue weighted by molar-refractivity contribution is 7.89. The molecule has 5 heteroatoms. The summed E-state index contributed by atoms with van der Waals surface area (Å²) in [5.41, 5.74) is 0. The second kappa shape index (κ2) is 5.57. The van der Waals surface area contributed by atoms with Gasteiger partial charge in [-0.2, -0.15) is 0 Å². The molecule has 0 amide bonds. The van der Waals surface area contributed by atoms with Crippen LogP contribution in [0.1, 0.15) is 20.8 Å². The fourth-order valence-electron chi connectivity index (χ4n) is 0.686. The van der Waals surface area contributed by atoms with Crippen LogP contribution in [0.3, 0.4) is 0 Å². The normalized spacial score (nSPS) is 14.8. The molecule has 0 rings (SSSR count). The van der Waals surface area contributed by atoms with E-state index in [2.05, 4.69) is 4.72 Å². The molecule has 0 saturated carbocycles. The first-order valence-electron chi connectivity index (χ1n) is 4.47. The van der Waals surface area contributed by atoms with E-state index in [9.17, 15) is 8.42 Å². The molecule has 0 spiro atoms. The average Bonchev–Trinajstić information content (AvgIpc) is 2.00. The third kappa shape index (κ3) is 6.01. The monoisotopic (exact) mass is 209 g/mol. The van der Waals surface area contributed by atoms with E-state index in [0.717, 1.165) is 0 Å². The van der Waals surface area contributed by atoms with E-state index >= 15 is 0 Å². The van der Waals surface area contributed by atoms with E-state index in [1.165, 1.54) is 0 Å². The fourth-order valence-corrected chi connectivity index (χ4v) is 1.59. The molecule has 0 aliphatic rings. The molecule has 13 heavy (non-hydrogen) atoms. The number of aliphatic hydroxyl groups is 1. The van der Waals surface area contributed by atoms with Crippen LogP contribution in [-0.4, -0.2) is 32.4 Å². The summed E-state index contributed by atoms with van der Waals surface area (Å²) in [5, 5.41) is 8.46. The van der Waals surface area contributed by atoms with Gasteiger partial charge >= 0.3 is 0 Å². The third-order valence-corrected chi connectivity index (χ3v) is 3.45. The van der Waals surface area contributed by atoms with Gasteiger partial charge in [0, 0.05) is 6.54 Å². The Balaban J connectivity index is 3.88. The minimum absolute atomic E-state index is 0.211. The van der Waals surface area contributed by atoms with E-state index < -0.39 is 10.0 Å². The molecular formula is C8H19NO3S. The van der Waals surface area contributed by atoms with Crippen LogP contribution in [0.4, 0.5) is 0 Å². The molecule has 1 unspecified atom stereocenters. The summed E-state index contributed by atoms with van der Waals surface area (Å²) in [6.07, 6.45) is 0. The van der Waals surface area contributed by atoms with Crippen LogP contribution < -0.4 is 4.72 Å². The van der Waals surface area contributed by atoms with Crippen LogP contribution in [0.2, 0.25) is 0 Å². The third-order valence-electron chi connectivity index (χ3n) is 2.12. The fraction of sp³-hybridized carbons (Fsp3) is 1.00. The summed E-state index contributed by atoms with van der Waals surface area (Å²) in [4.78, 5) is 0. The van der Waals surface area contributed by atoms with Gasteiger partial charge in [0.25, 0.3) is 0 Å². The standard InChI is InChI=1S/C8H19NO3S/c1-7(2)8(3)6-9-13(11,12)5-4-10/h7-10H,4-6H2,1-3H3. The number of hydrogen-bond donors (Lipinski definition) is 2. The molecule has 0 saturated heterocycles. The van der Waals surface area contributed by atoms with Crippen molar-refractivity contribution in [1.82, 2.24) is 4.72 Å². The largest absolute Gasteiger partial charge is 0.395 e. The van der Waals surface area contributed by atoms with Crippen molar-refractivity contribution in [1.29, 1.82) is 0 Å². The van der Waals surface area contributed by atoms with Crippen molar-refractivity contribution in [3.63, 3.8) is 0 Å². The van der Waals surface area contributed by atoms with Gasteiger partial charge in [0.2, 0.25) is 10.0 Å². The number of aliphatic hydroxyl groups excluding tert-OH is 1. The molecule has 0 bridgehead atoms. The lowest BCUT2D eigenvalue weighted by Crippen LogP contribution is -2.32. The Morgan fingerprint density at radius 2 is 1.85 bits per heavy atom. The van der Waals surface area contributed by atoms with Gasteiger partial charge in [0.05, 0.1) is 12.4 Å². The van der Waals surface area contributed by atoms with Crippen LogP contribution >= 0.6 is 0 Å². The quantitative estimate of drug-likeness (QED) is 0.656. The molecular weight excluding hydrogens is 190 g/mol. The lowest BCUT2D eigenvalue weighted by Gasteiger charge is -2.15. The minimum atomic E-state index is -3.26. The van der Waals surface area contributed by atoms with Crippen LogP contribution in [0.15, 0.2) is 0 Å². The Bertz CT molecular complexity index is 224. The molecule has 0 aliphatic carbocycles. The minimum Gasteiger partial charge on any atom is -0.395 e. The van der Waals surface area contributed by atoms with Crippen molar-refractivity contribution in [2.45, 2.75) is 20.8 Å². The summed E-state index contributed by atoms with van der Waals surface area (Å²) in [6.45, 7) is 6.20. The lowest BCUT2D eigenvalue weighted by atomic mass is 9.99. The first kappa shape index (κ1) is 12.9. The van der Waals surface area contributed by atoms with Gasteiger partial charge in [0.15, 0.2) is 0 Å². The second-order valence-corrected chi connectivity index (χ2v) is 5.54. The van der Waals surface area contributed by atoms with Gasteiger partial charge in [-0.1, -0.05) is 20.8 Å². The maximum absolute atomic E-state index is 11.1. The predicted molar refractivity (Wildman–Crippen MR) is 52.9 cm³/mol. The van der Waals surface area contributed by atoms with Gasteiger partial charge < -0.3 is 5.11 Å². The van der Waals surface area contributed by atoms with Crippen LogP contribution in [0.5, 0.6) is 0 Å². The molecule has 0 radical (unpaired) electrons. The van der Waals surface area contributed by atoms with E-state index in [1.54, 1.807) is 0 Å². The molecule has 0 fully saturated rings. The van der Waals surface area contributed by atoms with Crippen molar-refractivity contribution in [3.8, 4) is 0 Å². The van der Waals surface area contributed by atoms with E-state index in [-0.39, 0.29) is 12.4 Å². The Morgan fingerprint density at radius 3 is 2.23 bits per heavy atom. The van der Waals surface area contributed by atoms with Gasteiger partial charge in [-0.15, -0.1) is 0 Å². The molecule has 1 atom stereocenters. The average molecular weight is 209 g/mol. The zero-order chi connectivity index (χ0) is 10.5. The first-order chi connectivity index (χ1) is 5.89. The van der Waals surface area contributed by atoms with Gasteiger partial charge in [-0.3, -0.25) is 0 Å². The van der Waals surface area contributed by atoms with Crippen LogP contribution in [0, 0.1) is 11.8 Å². The smallest absolute Gasteiger partial charge is 0.213 e. The summed E-state index contributed by atoms with van der Waals surface area (Å²) < 4.78 is 24.6. The summed E-state index contributed by atoms with van der Waals surface area (Å²) >= 11 is 0. The molecule has 80 valence electrons. The van der Waals surface area contributed by atoms with Gasteiger partial charge in [-0.05, 0) is 11.8 Å². The Hall–Kier alpha value is -0.130. The summed E-state index contributed by atoms with van der Waals surface area (Å²) in [7, 11) is -3.26. The Kier molecular flexibility index (Phi) is 5.51. The van der Waals surface area contributed by atoms with Gasteiger partial charge in [-0.25, -0.2) is 13.1 Å². The van der Waals surface area contributed by atoms with E-state index in [1.807, 2.05) is 20.8 Å². The number of nitrogens with one attached hydrogen (secondary N) is 1. The van der Waals surface area contributed by atoms with Crippen LogP contribution in [-0.2, 0) is 10.0 Å². The van der Waals surface area contributed by atoms with Crippen LogP contribution in [0.25, 0.3) is 0 Å². The highest BCUT2D eigenvalue weighted by atomic mass is 32.2. The number of sulfonamides is 1. The Morgan fingerprint density at radius 1 is 1.31 bits per heavy atom. The summed E-state index contributed by atoms with van der Waals surface area (Å²) in [6, 6.07) is 0. The topological polar surface area (TPSA) is 66.4 Å². The predicted octanol–water partition coefficient (Wildman–Crippen LogP) is 0.190. The maximum atomic E-state index is 11.1. The molecule has 2 N–H and O–H groups in total. The van der Waals surface area contributed by atoms with E-state index in [0.29, 0.717) is 18.4 Å². The van der Waals surface area contributed by atoms with Crippen molar-refractivity contribution in [2.75, 3.05) is 18.9 Å². The summed E-state index contributed by atoms with van der Waals surface area (Å²) in [5.74, 6) is 0.558. The number of hydrogen-bond acceptors (Lipinski definition) is 3. The zero-order valence-corrected chi connectivity index (χ0v) is 9.26. The zero-order valence-electron chi connectivity index (χ0n) is 8.45. The first-order valence-corrected chi connectivity index (χ1v) is 6.12. The molecule has 4 nitrogen and oxygen atoms in total. The molecule has 0 aromatic rings. The van der Waals surface area contributed by atoms with Crippen molar-refractivity contribution >= 4 is 10.0 Å². The van der Waals surface area contributed by atoms with E-state index in [4.69, 9.17) is 5.11 Å². The van der Waals surface area contributed by atoms with Crippen molar-refractivity contribution < 1.29 is 13.5 Å². The molecule has 0 aromatic heterocycles. The van der Waals surface area contributed by atoms with Crippen molar-refractivity contribution in [3.05, 3.63) is 0 Å². The molecule has 0 aliphatic heterocycles. The highest BCUT2D eigenvalue weighted by Crippen LogP contribution is 2.07. The van der Waals surface area contributed by atoms with Crippen molar-refractivity contribution in [2.24, 2.45) is 11.8 Å². The van der Waals surface area contributed by atoms with Gasteiger partial charge in [0.1, 0.15) is 0 Å².